The predicted molar refractivity (Wildman–Crippen MR) is 71.4 cm³/mol. The minimum atomic E-state index is -1.02. The van der Waals surface area contributed by atoms with Gasteiger partial charge in [0.1, 0.15) is 6.10 Å². The van der Waals surface area contributed by atoms with Crippen molar-refractivity contribution in [3.8, 4) is 0 Å². The number of carboxylic acid groups (broad SMARTS) is 1. The molecule has 2 rings (SSSR count). The van der Waals surface area contributed by atoms with Gasteiger partial charge < -0.3 is 19.5 Å². The Bertz CT molecular complexity index is 353. The van der Waals surface area contributed by atoms with Crippen molar-refractivity contribution in [3.05, 3.63) is 0 Å². The highest BCUT2D eigenvalue weighted by molar-refractivity contribution is 5.82. The SMILES string of the molecule is CC[C@H](OC1CCCC1)C(=O)N1CCO[C@H](C(=O)O)C1. The van der Waals surface area contributed by atoms with E-state index in [1.165, 1.54) is 0 Å². The smallest absolute Gasteiger partial charge is 0.334 e. The second-order valence-corrected chi connectivity index (χ2v) is 5.42. The molecular formula is C14H23NO5. The molecule has 2 fully saturated rings. The first-order chi connectivity index (χ1) is 9.61. The minimum Gasteiger partial charge on any atom is -0.479 e. The number of rotatable bonds is 5. The molecule has 1 saturated carbocycles. The Balaban J connectivity index is 1.91. The third-order valence-corrected chi connectivity index (χ3v) is 3.96. The number of hydrogen-bond acceptors (Lipinski definition) is 4. The standard InChI is InChI=1S/C14H23NO5/c1-2-11(20-10-5-3-4-6-10)13(16)15-7-8-19-12(9-15)14(17)18/h10-12H,2-9H2,1H3,(H,17,18)/t11-,12-/m0/s1. The van der Waals surface area contributed by atoms with Crippen molar-refractivity contribution in [2.45, 2.75) is 57.3 Å². The zero-order chi connectivity index (χ0) is 14.5. The summed E-state index contributed by atoms with van der Waals surface area (Å²) in [4.78, 5) is 24.9. The fourth-order valence-corrected chi connectivity index (χ4v) is 2.79. The molecule has 2 aliphatic rings. The number of carbonyl (C=O) groups is 2. The topological polar surface area (TPSA) is 76.1 Å². The zero-order valence-corrected chi connectivity index (χ0v) is 11.9. The molecule has 1 N–H and O–H groups in total. The average Bonchev–Trinajstić information content (AvgIpc) is 2.97. The second kappa shape index (κ2) is 7.04. The van der Waals surface area contributed by atoms with E-state index in [9.17, 15) is 9.59 Å². The summed E-state index contributed by atoms with van der Waals surface area (Å²) in [6, 6.07) is 0. The fourth-order valence-electron chi connectivity index (χ4n) is 2.79. The van der Waals surface area contributed by atoms with Crippen LogP contribution in [0, 0.1) is 0 Å². The van der Waals surface area contributed by atoms with Crippen LogP contribution in [0.3, 0.4) is 0 Å². The van der Waals surface area contributed by atoms with Gasteiger partial charge >= 0.3 is 5.97 Å². The van der Waals surface area contributed by atoms with Crippen LogP contribution in [0.2, 0.25) is 0 Å². The highest BCUT2D eigenvalue weighted by Gasteiger charge is 2.33. The molecule has 1 amide bonds. The maximum atomic E-state index is 12.4. The number of carbonyl (C=O) groups excluding carboxylic acids is 1. The van der Waals surface area contributed by atoms with Gasteiger partial charge in [-0.25, -0.2) is 4.79 Å². The van der Waals surface area contributed by atoms with Crippen molar-refractivity contribution in [1.82, 2.24) is 4.90 Å². The van der Waals surface area contributed by atoms with E-state index in [0.29, 0.717) is 13.0 Å². The van der Waals surface area contributed by atoms with Crippen LogP contribution in [-0.4, -0.2) is 59.9 Å². The molecule has 0 spiro atoms. The number of hydrogen-bond donors (Lipinski definition) is 1. The summed E-state index contributed by atoms with van der Waals surface area (Å²) in [5, 5.41) is 8.97. The van der Waals surface area contributed by atoms with Crippen LogP contribution in [0.25, 0.3) is 0 Å². The van der Waals surface area contributed by atoms with E-state index in [2.05, 4.69) is 0 Å². The van der Waals surface area contributed by atoms with Gasteiger partial charge in [-0.1, -0.05) is 19.8 Å². The molecule has 2 atom stereocenters. The quantitative estimate of drug-likeness (QED) is 0.816. The van der Waals surface area contributed by atoms with Gasteiger partial charge in [-0.2, -0.15) is 0 Å². The highest BCUT2D eigenvalue weighted by atomic mass is 16.5. The first-order valence-corrected chi connectivity index (χ1v) is 7.40. The molecule has 0 radical (unpaired) electrons. The van der Waals surface area contributed by atoms with Gasteiger partial charge in [0.25, 0.3) is 5.91 Å². The zero-order valence-electron chi connectivity index (χ0n) is 11.9. The average molecular weight is 285 g/mol. The summed E-state index contributed by atoms with van der Waals surface area (Å²) >= 11 is 0. The van der Waals surface area contributed by atoms with Crippen molar-refractivity contribution < 1.29 is 24.2 Å². The molecule has 6 nitrogen and oxygen atoms in total. The Labute approximate surface area is 119 Å². The minimum absolute atomic E-state index is 0.103. The predicted octanol–water partition coefficient (Wildman–Crippen LogP) is 1.04. The number of nitrogens with zero attached hydrogens (tertiary/aromatic N) is 1. The van der Waals surface area contributed by atoms with Crippen molar-refractivity contribution >= 4 is 11.9 Å². The molecule has 114 valence electrons. The number of amides is 1. The summed E-state index contributed by atoms with van der Waals surface area (Å²) in [6.07, 6.45) is 3.78. The molecule has 0 bridgehead atoms. The van der Waals surface area contributed by atoms with Gasteiger partial charge in [-0.05, 0) is 19.3 Å². The molecule has 6 heteroatoms. The number of morpholine rings is 1. The van der Waals surface area contributed by atoms with Gasteiger partial charge in [0.05, 0.1) is 19.3 Å². The molecule has 20 heavy (non-hydrogen) atoms. The van der Waals surface area contributed by atoms with E-state index in [1.54, 1.807) is 4.90 Å². The Hall–Kier alpha value is -1.14. The van der Waals surface area contributed by atoms with E-state index >= 15 is 0 Å². The first-order valence-electron chi connectivity index (χ1n) is 7.40. The Kier molecular flexibility index (Phi) is 5.37. The largest absolute Gasteiger partial charge is 0.479 e. The van der Waals surface area contributed by atoms with E-state index in [4.69, 9.17) is 14.6 Å². The highest BCUT2D eigenvalue weighted by Crippen LogP contribution is 2.23. The molecule has 1 saturated heterocycles. The molecule has 1 aliphatic carbocycles. The molecule has 0 aromatic rings. The van der Waals surface area contributed by atoms with Crippen LogP contribution in [0.4, 0.5) is 0 Å². The molecular weight excluding hydrogens is 262 g/mol. The Morgan fingerprint density at radius 1 is 1.40 bits per heavy atom. The number of aliphatic carboxylic acids is 1. The van der Waals surface area contributed by atoms with E-state index < -0.39 is 18.2 Å². The summed E-state index contributed by atoms with van der Waals surface area (Å²) in [7, 11) is 0. The third-order valence-electron chi connectivity index (χ3n) is 3.96. The first kappa shape index (κ1) is 15.3. The van der Waals surface area contributed by atoms with Crippen LogP contribution in [0.15, 0.2) is 0 Å². The van der Waals surface area contributed by atoms with Crippen LogP contribution in [0.1, 0.15) is 39.0 Å². The lowest BCUT2D eigenvalue weighted by atomic mass is 10.2. The van der Waals surface area contributed by atoms with E-state index in [1.807, 2.05) is 6.92 Å². The van der Waals surface area contributed by atoms with Crippen molar-refractivity contribution in [3.63, 3.8) is 0 Å². The molecule has 1 heterocycles. The third kappa shape index (κ3) is 3.70. The van der Waals surface area contributed by atoms with Crippen LogP contribution in [-0.2, 0) is 19.1 Å². The van der Waals surface area contributed by atoms with Gasteiger partial charge in [0.15, 0.2) is 6.10 Å². The van der Waals surface area contributed by atoms with Crippen molar-refractivity contribution in [2.75, 3.05) is 19.7 Å². The Morgan fingerprint density at radius 3 is 2.70 bits per heavy atom. The van der Waals surface area contributed by atoms with Crippen molar-refractivity contribution in [2.24, 2.45) is 0 Å². The lowest BCUT2D eigenvalue weighted by Crippen LogP contribution is -2.52. The van der Waals surface area contributed by atoms with Crippen LogP contribution >= 0.6 is 0 Å². The molecule has 0 unspecified atom stereocenters. The Morgan fingerprint density at radius 2 is 2.10 bits per heavy atom. The second-order valence-electron chi connectivity index (χ2n) is 5.42. The number of carboxylic acids is 1. The van der Waals surface area contributed by atoms with Crippen LogP contribution < -0.4 is 0 Å². The maximum Gasteiger partial charge on any atom is 0.334 e. The lowest BCUT2D eigenvalue weighted by Gasteiger charge is -2.33. The monoisotopic (exact) mass is 285 g/mol. The summed E-state index contributed by atoms with van der Waals surface area (Å²) in [5.74, 6) is -1.12. The fraction of sp³-hybridized carbons (Fsp3) is 0.857. The lowest BCUT2D eigenvalue weighted by molar-refractivity contribution is -0.165. The molecule has 0 aromatic heterocycles. The maximum absolute atomic E-state index is 12.4. The van der Waals surface area contributed by atoms with Gasteiger partial charge in [0, 0.05) is 6.54 Å². The van der Waals surface area contributed by atoms with Gasteiger partial charge in [-0.3, -0.25) is 4.79 Å². The summed E-state index contributed by atoms with van der Waals surface area (Å²) in [6.45, 7) is 2.74. The molecule has 1 aliphatic heterocycles. The van der Waals surface area contributed by atoms with Crippen LogP contribution in [0.5, 0.6) is 0 Å². The van der Waals surface area contributed by atoms with Gasteiger partial charge in [0.2, 0.25) is 0 Å². The van der Waals surface area contributed by atoms with E-state index in [-0.39, 0.29) is 25.2 Å². The summed E-state index contributed by atoms with van der Waals surface area (Å²) in [5.41, 5.74) is 0. The molecule has 0 aromatic carbocycles. The van der Waals surface area contributed by atoms with Gasteiger partial charge in [-0.15, -0.1) is 0 Å². The number of ether oxygens (including phenoxy) is 2. The normalized spacial score (nSPS) is 25.6. The summed E-state index contributed by atoms with van der Waals surface area (Å²) < 4.78 is 11.0. The van der Waals surface area contributed by atoms with E-state index in [0.717, 1.165) is 25.7 Å². The van der Waals surface area contributed by atoms with Crippen molar-refractivity contribution in [1.29, 1.82) is 0 Å².